The van der Waals surface area contributed by atoms with Gasteiger partial charge < -0.3 is 10.6 Å². The Kier molecular flexibility index (Phi) is 3.98. The summed E-state index contributed by atoms with van der Waals surface area (Å²) in [7, 11) is 0. The fraction of sp³-hybridized carbons (Fsp3) is 0.400. The van der Waals surface area contributed by atoms with Gasteiger partial charge in [-0.2, -0.15) is 5.10 Å². The number of likely N-dealkylation sites (tertiary alicyclic amines) is 1. The first-order valence-corrected chi connectivity index (χ1v) is 8.06. The van der Waals surface area contributed by atoms with Crippen LogP contribution in [0.2, 0.25) is 0 Å². The normalized spacial score (nSPS) is 18.4. The van der Waals surface area contributed by atoms with E-state index in [0.29, 0.717) is 16.3 Å². The Morgan fingerprint density at radius 3 is 2.77 bits per heavy atom. The number of carbonyl (C=O) groups excluding carboxylic acids is 2. The van der Waals surface area contributed by atoms with Gasteiger partial charge in [0, 0.05) is 19.3 Å². The van der Waals surface area contributed by atoms with Gasteiger partial charge in [-0.3, -0.25) is 14.3 Å². The van der Waals surface area contributed by atoms with Gasteiger partial charge in [0.05, 0.1) is 22.0 Å². The maximum atomic E-state index is 12.6. The van der Waals surface area contributed by atoms with E-state index in [4.69, 9.17) is 5.73 Å². The number of thiophene rings is 1. The lowest BCUT2D eigenvalue weighted by molar-refractivity contribution is 0.0678. The summed E-state index contributed by atoms with van der Waals surface area (Å²) >= 11 is 1.16. The standard InChI is InChI=1S/C15H18N4O2S/c1-10-7-17-19(8-10)11-3-2-6-18(9-11)15(21)13-5-4-12(22-13)14(16)20/h4-5,7-8,11H,2-3,6,9H2,1H3,(H2,16,20). The highest BCUT2D eigenvalue weighted by atomic mass is 32.1. The zero-order valence-corrected chi connectivity index (χ0v) is 13.2. The largest absolute Gasteiger partial charge is 0.365 e. The molecule has 0 radical (unpaired) electrons. The van der Waals surface area contributed by atoms with E-state index in [0.717, 1.165) is 36.3 Å². The van der Waals surface area contributed by atoms with Crippen LogP contribution in [0.3, 0.4) is 0 Å². The van der Waals surface area contributed by atoms with Crippen molar-refractivity contribution in [2.24, 2.45) is 5.73 Å². The maximum Gasteiger partial charge on any atom is 0.264 e. The topological polar surface area (TPSA) is 81.2 Å². The average molecular weight is 318 g/mol. The summed E-state index contributed by atoms with van der Waals surface area (Å²) in [5.41, 5.74) is 6.36. The molecule has 0 saturated carbocycles. The monoisotopic (exact) mass is 318 g/mol. The molecule has 6 nitrogen and oxygen atoms in total. The lowest BCUT2D eigenvalue weighted by Gasteiger charge is -2.32. The van der Waals surface area contributed by atoms with Crippen LogP contribution in [-0.2, 0) is 0 Å². The van der Waals surface area contributed by atoms with E-state index in [1.54, 1.807) is 12.1 Å². The summed E-state index contributed by atoms with van der Waals surface area (Å²) in [5.74, 6) is -0.529. The smallest absolute Gasteiger partial charge is 0.264 e. The molecule has 2 amide bonds. The number of piperidine rings is 1. The molecule has 3 heterocycles. The van der Waals surface area contributed by atoms with Gasteiger partial charge >= 0.3 is 0 Å². The van der Waals surface area contributed by atoms with Crippen molar-refractivity contribution in [3.8, 4) is 0 Å². The van der Waals surface area contributed by atoms with Gasteiger partial charge in [0.2, 0.25) is 0 Å². The second-order valence-corrected chi connectivity index (χ2v) is 6.66. The molecule has 0 aromatic carbocycles. The minimum absolute atomic E-state index is 0.0360. The van der Waals surface area contributed by atoms with Crippen molar-refractivity contribution in [1.82, 2.24) is 14.7 Å². The van der Waals surface area contributed by atoms with Gasteiger partial charge in [0.1, 0.15) is 0 Å². The molecule has 1 aliphatic heterocycles. The van der Waals surface area contributed by atoms with E-state index in [2.05, 4.69) is 5.10 Å². The van der Waals surface area contributed by atoms with Crippen LogP contribution in [0, 0.1) is 6.92 Å². The quantitative estimate of drug-likeness (QED) is 0.937. The van der Waals surface area contributed by atoms with Crippen LogP contribution in [0.5, 0.6) is 0 Å². The van der Waals surface area contributed by atoms with E-state index in [1.807, 2.05) is 28.9 Å². The van der Waals surface area contributed by atoms with Crippen molar-refractivity contribution in [2.45, 2.75) is 25.8 Å². The lowest BCUT2D eigenvalue weighted by Crippen LogP contribution is -2.40. The molecule has 22 heavy (non-hydrogen) atoms. The number of hydrogen-bond donors (Lipinski definition) is 1. The van der Waals surface area contributed by atoms with Crippen molar-refractivity contribution in [1.29, 1.82) is 0 Å². The van der Waals surface area contributed by atoms with Crippen molar-refractivity contribution in [2.75, 3.05) is 13.1 Å². The van der Waals surface area contributed by atoms with Gasteiger partial charge in [-0.05, 0) is 37.5 Å². The third kappa shape index (κ3) is 2.89. The first-order valence-electron chi connectivity index (χ1n) is 7.24. The minimum Gasteiger partial charge on any atom is -0.365 e. The Labute approximate surface area is 132 Å². The molecule has 0 aliphatic carbocycles. The van der Waals surface area contributed by atoms with Gasteiger partial charge in [0.25, 0.3) is 11.8 Å². The van der Waals surface area contributed by atoms with Gasteiger partial charge in [-0.25, -0.2) is 0 Å². The fourth-order valence-corrected chi connectivity index (χ4v) is 3.56. The Balaban J connectivity index is 1.73. The zero-order chi connectivity index (χ0) is 15.7. The summed E-state index contributed by atoms with van der Waals surface area (Å²) in [6.45, 7) is 3.38. The highest BCUT2D eigenvalue weighted by Crippen LogP contribution is 2.25. The number of primary amides is 1. The van der Waals surface area contributed by atoms with Crippen molar-refractivity contribution in [3.63, 3.8) is 0 Å². The number of hydrogen-bond acceptors (Lipinski definition) is 4. The van der Waals surface area contributed by atoms with E-state index in [9.17, 15) is 9.59 Å². The summed E-state index contributed by atoms with van der Waals surface area (Å²) in [5, 5.41) is 4.35. The molecule has 1 saturated heterocycles. The zero-order valence-electron chi connectivity index (χ0n) is 12.4. The number of aryl methyl sites for hydroxylation is 1. The number of aromatic nitrogens is 2. The molecule has 0 spiro atoms. The molecule has 1 fully saturated rings. The van der Waals surface area contributed by atoms with Crippen molar-refractivity contribution in [3.05, 3.63) is 39.8 Å². The highest BCUT2D eigenvalue weighted by molar-refractivity contribution is 7.15. The van der Waals surface area contributed by atoms with Gasteiger partial charge in [0.15, 0.2) is 0 Å². The molecule has 2 aromatic heterocycles. The summed E-state index contributed by atoms with van der Waals surface area (Å²) in [6, 6.07) is 3.50. The van der Waals surface area contributed by atoms with E-state index in [1.165, 1.54) is 0 Å². The van der Waals surface area contributed by atoms with E-state index < -0.39 is 5.91 Å². The van der Waals surface area contributed by atoms with Crippen molar-refractivity contribution < 1.29 is 9.59 Å². The summed E-state index contributed by atoms with van der Waals surface area (Å²) < 4.78 is 1.94. The molecule has 1 atom stereocenters. The molecule has 7 heteroatoms. The van der Waals surface area contributed by atoms with Crippen LogP contribution in [-0.4, -0.2) is 39.6 Å². The third-order valence-electron chi connectivity index (χ3n) is 3.85. The van der Waals surface area contributed by atoms with E-state index >= 15 is 0 Å². The number of rotatable bonds is 3. The Hall–Kier alpha value is -2.15. The lowest BCUT2D eigenvalue weighted by atomic mass is 10.1. The predicted molar refractivity (Wildman–Crippen MR) is 84.0 cm³/mol. The van der Waals surface area contributed by atoms with Crippen LogP contribution in [0.15, 0.2) is 24.5 Å². The second-order valence-electron chi connectivity index (χ2n) is 5.57. The molecule has 116 valence electrons. The van der Waals surface area contributed by atoms with Crippen LogP contribution in [0.25, 0.3) is 0 Å². The molecule has 3 rings (SSSR count). The first-order chi connectivity index (χ1) is 10.5. The molecule has 1 unspecified atom stereocenters. The van der Waals surface area contributed by atoms with Gasteiger partial charge in [-0.1, -0.05) is 0 Å². The van der Waals surface area contributed by atoms with Crippen LogP contribution >= 0.6 is 11.3 Å². The van der Waals surface area contributed by atoms with Crippen LogP contribution in [0.1, 0.15) is 43.8 Å². The molecule has 1 aliphatic rings. The SMILES string of the molecule is Cc1cnn(C2CCCN(C(=O)c3ccc(C(N)=O)s3)C2)c1. The minimum atomic E-state index is -0.493. The highest BCUT2D eigenvalue weighted by Gasteiger charge is 2.27. The molecule has 0 bridgehead atoms. The number of nitrogens with two attached hydrogens (primary N) is 1. The summed E-state index contributed by atoms with van der Waals surface area (Å²) in [4.78, 5) is 26.5. The molecule has 2 N–H and O–H groups in total. The second kappa shape index (κ2) is 5.92. The Bertz CT molecular complexity index is 706. The van der Waals surface area contributed by atoms with Crippen LogP contribution < -0.4 is 5.73 Å². The number of amides is 2. The third-order valence-corrected chi connectivity index (χ3v) is 4.94. The maximum absolute atomic E-state index is 12.6. The molecular formula is C15H18N4O2S. The predicted octanol–water partition coefficient (Wildman–Crippen LogP) is 1.83. The van der Waals surface area contributed by atoms with Gasteiger partial charge in [-0.15, -0.1) is 11.3 Å². The number of carbonyl (C=O) groups is 2. The molecular weight excluding hydrogens is 300 g/mol. The summed E-state index contributed by atoms with van der Waals surface area (Å²) in [6.07, 6.45) is 5.80. The first kappa shape index (κ1) is 14.8. The fourth-order valence-electron chi connectivity index (χ4n) is 2.73. The average Bonchev–Trinajstić information content (AvgIpc) is 3.15. The van der Waals surface area contributed by atoms with Crippen LogP contribution in [0.4, 0.5) is 0 Å². The molecule has 2 aromatic rings. The number of nitrogens with zero attached hydrogens (tertiary/aromatic N) is 3. The Morgan fingerprint density at radius 2 is 2.14 bits per heavy atom. The van der Waals surface area contributed by atoms with Crippen molar-refractivity contribution >= 4 is 23.2 Å². The van der Waals surface area contributed by atoms with E-state index in [-0.39, 0.29) is 11.9 Å². The Morgan fingerprint density at radius 1 is 1.36 bits per heavy atom.